The summed E-state index contributed by atoms with van der Waals surface area (Å²) in [7, 11) is -3.35. The van der Waals surface area contributed by atoms with Crippen molar-refractivity contribution in [2.45, 2.75) is 25.2 Å². The van der Waals surface area contributed by atoms with Crippen LogP contribution in [0.2, 0.25) is 0 Å². The van der Waals surface area contributed by atoms with Gasteiger partial charge in [-0.1, -0.05) is 26.0 Å². The fourth-order valence-electron chi connectivity index (χ4n) is 2.06. The Hall–Kier alpha value is -0.390. The van der Waals surface area contributed by atoms with Gasteiger partial charge in [0.2, 0.25) is 10.0 Å². The van der Waals surface area contributed by atoms with Crippen molar-refractivity contribution in [2.24, 2.45) is 5.41 Å². The van der Waals surface area contributed by atoms with Gasteiger partial charge in [-0.3, -0.25) is 0 Å². The largest absolute Gasteiger partial charge is 0.244 e. The van der Waals surface area contributed by atoms with E-state index in [1.165, 1.54) is 0 Å². The Bertz CT molecular complexity index is 525. The van der Waals surface area contributed by atoms with Crippen LogP contribution in [-0.4, -0.2) is 25.8 Å². The van der Waals surface area contributed by atoms with Gasteiger partial charge < -0.3 is 0 Å². The van der Waals surface area contributed by atoms with Crippen LogP contribution >= 0.6 is 15.9 Å². The van der Waals surface area contributed by atoms with Crippen LogP contribution in [0.25, 0.3) is 0 Å². The highest BCUT2D eigenvalue weighted by atomic mass is 79.9. The summed E-state index contributed by atoms with van der Waals surface area (Å²) in [6.07, 6.45) is 0.913. The average molecular weight is 318 g/mol. The van der Waals surface area contributed by atoms with Crippen molar-refractivity contribution in [3.05, 3.63) is 28.7 Å². The second-order valence-electron chi connectivity index (χ2n) is 5.18. The van der Waals surface area contributed by atoms with E-state index in [0.29, 0.717) is 22.5 Å². The molecule has 0 spiro atoms. The molecule has 0 unspecified atom stereocenters. The minimum Gasteiger partial charge on any atom is -0.207 e. The van der Waals surface area contributed by atoms with E-state index >= 15 is 0 Å². The smallest absolute Gasteiger partial charge is 0.207 e. The summed E-state index contributed by atoms with van der Waals surface area (Å²) in [4.78, 5) is 0.359. The molecule has 1 aliphatic heterocycles. The fraction of sp³-hybridized carbons (Fsp3) is 0.500. The lowest BCUT2D eigenvalue weighted by Crippen LogP contribution is -2.30. The molecule has 0 saturated carbocycles. The quantitative estimate of drug-likeness (QED) is 0.841. The molecule has 1 aromatic rings. The molecule has 1 fully saturated rings. The van der Waals surface area contributed by atoms with Gasteiger partial charge in [0.15, 0.2) is 0 Å². The number of hydrogen-bond acceptors (Lipinski definition) is 2. The molecule has 0 N–H and O–H groups in total. The Morgan fingerprint density at radius 2 is 1.94 bits per heavy atom. The number of halogens is 1. The van der Waals surface area contributed by atoms with Crippen LogP contribution in [0, 0.1) is 5.41 Å². The number of hydrogen-bond donors (Lipinski definition) is 0. The lowest BCUT2D eigenvalue weighted by atomic mass is 9.93. The molecule has 2 rings (SSSR count). The Morgan fingerprint density at radius 3 is 2.47 bits per heavy atom. The first-order chi connectivity index (χ1) is 7.83. The highest BCUT2D eigenvalue weighted by molar-refractivity contribution is 9.10. The molecule has 3 nitrogen and oxygen atoms in total. The lowest BCUT2D eigenvalue weighted by molar-refractivity contribution is 0.375. The molecule has 5 heteroatoms. The van der Waals surface area contributed by atoms with Crippen molar-refractivity contribution in [1.82, 2.24) is 4.31 Å². The van der Waals surface area contributed by atoms with Gasteiger partial charge in [0.1, 0.15) is 0 Å². The molecule has 1 saturated heterocycles. The second-order valence-corrected chi connectivity index (χ2v) is 7.94. The predicted molar refractivity (Wildman–Crippen MR) is 71.3 cm³/mol. The third-order valence-corrected chi connectivity index (χ3v) is 5.95. The van der Waals surface area contributed by atoms with Gasteiger partial charge in [0.05, 0.1) is 4.90 Å². The third kappa shape index (κ3) is 2.56. The highest BCUT2D eigenvalue weighted by Crippen LogP contribution is 2.34. The van der Waals surface area contributed by atoms with E-state index in [2.05, 4.69) is 29.8 Å². The van der Waals surface area contributed by atoms with Crippen LogP contribution in [0.15, 0.2) is 33.6 Å². The lowest BCUT2D eigenvalue weighted by Gasteiger charge is -2.20. The monoisotopic (exact) mass is 317 g/mol. The maximum atomic E-state index is 12.4. The molecule has 1 aromatic carbocycles. The minimum atomic E-state index is -3.35. The first kappa shape index (κ1) is 13.1. The summed E-state index contributed by atoms with van der Waals surface area (Å²) >= 11 is 3.30. The average Bonchev–Trinajstić information content (AvgIpc) is 2.60. The van der Waals surface area contributed by atoms with E-state index in [4.69, 9.17) is 0 Å². The van der Waals surface area contributed by atoms with Crippen LogP contribution in [0.5, 0.6) is 0 Å². The van der Waals surface area contributed by atoms with Crippen molar-refractivity contribution >= 4 is 26.0 Å². The van der Waals surface area contributed by atoms with Gasteiger partial charge in [-0.15, -0.1) is 0 Å². The Kier molecular flexibility index (Phi) is 3.36. The van der Waals surface area contributed by atoms with Gasteiger partial charge in [-0.05, 0) is 39.9 Å². The molecular formula is C12H16BrNO2S. The zero-order chi connectivity index (χ0) is 12.7. The molecule has 1 heterocycles. The maximum Gasteiger partial charge on any atom is 0.244 e. The molecule has 0 atom stereocenters. The van der Waals surface area contributed by atoms with Gasteiger partial charge in [-0.2, -0.15) is 4.31 Å². The normalized spacial score (nSPS) is 20.6. The van der Waals surface area contributed by atoms with Gasteiger partial charge >= 0.3 is 0 Å². The van der Waals surface area contributed by atoms with Gasteiger partial charge in [0, 0.05) is 17.6 Å². The summed E-state index contributed by atoms with van der Waals surface area (Å²) in [5, 5.41) is 0. The van der Waals surface area contributed by atoms with E-state index in [-0.39, 0.29) is 5.41 Å². The topological polar surface area (TPSA) is 37.4 Å². The summed E-state index contributed by atoms with van der Waals surface area (Å²) in [6.45, 7) is 5.40. The predicted octanol–water partition coefficient (Wildman–Crippen LogP) is 2.87. The molecule has 0 amide bonds. The highest BCUT2D eigenvalue weighted by Gasteiger charge is 2.37. The number of nitrogens with zero attached hydrogens (tertiary/aromatic N) is 1. The zero-order valence-corrected chi connectivity index (χ0v) is 12.4. The molecule has 0 radical (unpaired) electrons. The summed E-state index contributed by atoms with van der Waals surface area (Å²) in [5.41, 5.74) is 0.0777. The number of benzene rings is 1. The summed E-state index contributed by atoms with van der Waals surface area (Å²) in [5.74, 6) is 0. The molecule has 94 valence electrons. The SMILES string of the molecule is CC1(C)CCN(S(=O)(=O)c2ccccc2Br)C1. The van der Waals surface area contributed by atoms with Crippen molar-refractivity contribution in [1.29, 1.82) is 0 Å². The molecule has 0 aliphatic carbocycles. The first-order valence-corrected chi connectivity index (χ1v) is 7.81. The van der Waals surface area contributed by atoms with Crippen LogP contribution < -0.4 is 0 Å². The number of sulfonamides is 1. The molecule has 17 heavy (non-hydrogen) atoms. The zero-order valence-electron chi connectivity index (χ0n) is 9.98. The second kappa shape index (κ2) is 4.37. The Labute approximate surface area is 111 Å². The van der Waals surface area contributed by atoms with Crippen LogP contribution in [0.4, 0.5) is 0 Å². The molecular weight excluding hydrogens is 302 g/mol. The first-order valence-electron chi connectivity index (χ1n) is 5.58. The van der Waals surface area contributed by atoms with E-state index in [1.54, 1.807) is 22.5 Å². The third-order valence-electron chi connectivity index (χ3n) is 3.10. The molecule has 0 bridgehead atoms. The molecule has 0 aromatic heterocycles. The number of rotatable bonds is 2. The Balaban J connectivity index is 2.36. The fourth-order valence-corrected chi connectivity index (χ4v) is 4.65. The van der Waals surface area contributed by atoms with Crippen molar-refractivity contribution in [3.8, 4) is 0 Å². The van der Waals surface area contributed by atoms with E-state index < -0.39 is 10.0 Å². The van der Waals surface area contributed by atoms with Crippen molar-refractivity contribution in [3.63, 3.8) is 0 Å². The maximum absolute atomic E-state index is 12.4. The van der Waals surface area contributed by atoms with Crippen molar-refractivity contribution in [2.75, 3.05) is 13.1 Å². The van der Waals surface area contributed by atoms with E-state index in [9.17, 15) is 8.42 Å². The summed E-state index contributed by atoms with van der Waals surface area (Å²) in [6, 6.07) is 6.97. The summed E-state index contributed by atoms with van der Waals surface area (Å²) < 4.78 is 27.1. The van der Waals surface area contributed by atoms with E-state index in [0.717, 1.165) is 6.42 Å². The van der Waals surface area contributed by atoms with Crippen LogP contribution in [0.3, 0.4) is 0 Å². The van der Waals surface area contributed by atoms with Gasteiger partial charge in [-0.25, -0.2) is 8.42 Å². The van der Waals surface area contributed by atoms with E-state index in [1.807, 2.05) is 6.07 Å². The van der Waals surface area contributed by atoms with Crippen LogP contribution in [-0.2, 0) is 10.0 Å². The minimum absolute atomic E-state index is 0.0777. The Morgan fingerprint density at radius 1 is 1.29 bits per heavy atom. The molecule has 1 aliphatic rings. The standard InChI is InChI=1S/C12H16BrNO2S/c1-12(2)7-8-14(9-12)17(15,16)11-6-4-3-5-10(11)13/h3-6H,7-9H2,1-2H3. The van der Waals surface area contributed by atoms with Gasteiger partial charge in [0.25, 0.3) is 0 Å². The van der Waals surface area contributed by atoms with Crippen LogP contribution in [0.1, 0.15) is 20.3 Å². The van der Waals surface area contributed by atoms with Crippen molar-refractivity contribution < 1.29 is 8.42 Å².